The van der Waals surface area contributed by atoms with Gasteiger partial charge in [0.2, 0.25) is 0 Å². The molecule has 0 aliphatic heterocycles. The van der Waals surface area contributed by atoms with Gasteiger partial charge in [-0.05, 0) is 23.8 Å². The maximum Gasteiger partial charge on any atom is 0.157 e. The van der Waals surface area contributed by atoms with E-state index in [4.69, 9.17) is 20.6 Å². The summed E-state index contributed by atoms with van der Waals surface area (Å²) in [6.07, 6.45) is 2.32. The summed E-state index contributed by atoms with van der Waals surface area (Å²) in [5, 5.41) is 34.5. The van der Waals surface area contributed by atoms with E-state index in [1.807, 2.05) is 0 Å². The number of hydrogen-bond donors (Lipinski definition) is 4. The summed E-state index contributed by atoms with van der Waals surface area (Å²) in [6, 6.07) is 4.10. The minimum absolute atomic E-state index is 0.107. The van der Waals surface area contributed by atoms with E-state index in [-0.39, 0.29) is 16.7 Å². The van der Waals surface area contributed by atoms with Gasteiger partial charge in [0.1, 0.15) is 0 Å². The Morgan fingerprint density at radius 3 is 2.31 bits per heavy atom. The van der Waals surface area contributed by atoms with Crippen molar-refractivity contribution in [3.63, 3.8) is 0 Å². The van der Waals surface area contributed by atoms with Crippen LogP contribution in [0, 0.1) is 0 Å². The third-order valence-corrected chi connectivity index (χ3v) is 1.40. The summed E-state index contributed by atoms with van der Waals surface area (Å²) >= 11 is 0. The van der Waals surface area contributed by atoms with E-state index in [9.17, 15) is 0 Å². The fourth-order valence-electron chi connectivity index (χ4n) is 0.797. The first-order valence-electron chi connectivity index (χ1n) is 3.47. The lowest BCUT2D eigenvalue weighted by Crippen LogP contribution is -2.02. The number of hydroxylamine groups is 2. The highest BCUT2D eigenvalue weighted by molar-refractivity contribution is 5.54. The molecule has 0 saturated carbocycles. The van der Waals surface area contributed by atoms with Gasteiger partial charge in [0.15, 0.2) is 11.5 Å². The van der Waals surface area contributed by atoms with Gasteiger partial charge in [-0.15, -0.1) is 5.23 Å². The van der Waals surface area contributed by atoms with E-state index in [2.05, 4.69) is 0 Å². The SMILES string of the molecule is Oc1ccc(C=CN(O)O)cc1O. The summed E-state index contributed by atoms with van der Waals surface area (Å²) < 4.78 is 0. The zero-order chi connectivity index (χ0) is 9.84. The zero-order valence-electron chi connectivity index (χ0n) is 6.62. The van der Waals surface area contributed by atoms with Crippen LogP contribution in [0.5, 0.6) is 11.5 Å². The number of benzene rings is 1. The van der Waals surface area contributed by atoms with Crippen LogP contribution in [0.4, 0.5) is 0 Å². The average Bonchev–Trinajstić information content (AvgIpc) is 2.07. The number of phenolic OH excluding ortho intramolecular Hbond substituents is 2. The van der Waals surface area contributed by atoms with Gasteiger partial charge in [0, 0.05) is 0 Å². The second-order valence-electron chi connectivity index (χ2n) is 2.38. The van der Waals surface area contributed by atoms with Crippen LogP contribution in [-0.2, 0) is 0 Å². The normalized spacial score (nSPS) is 10.6. The molecule has 1 rings (SSSR count). The molecule has 0 radical (unpaired) electrons. The quantitative estimate of drug-likeness (QED) is 0.408. The Morgan fingerprint density at radius 1 is 1.08 bits per heavy atom. The molecule has 0 saturated heterocycles. The zero-order valence-corrected chi connectivity index (χ0v) is 6.62. The van der Waals surface area contributed by atoms with Crippen LogP contribution in [0.3, 0.4) is 0 Å². The fourth-order valence-corrected chi connectivity index (χ4v) is 0.797. The summed E-state index contributed by atoms with van der Waals surface area (Å²) in [7, 11) is 0. The van der Waals surface area contributed by atoms with Gasteiger partial charge in [0.05, 0.1) is 6.20 Å². The Labute approximate surface area is 74.3 Å². The largest absolute Gasteiger partial charge is 0.504 e. The lowest BCUT2D eigenvalue weighted by molar-refractivity contribution is -0.266. The molecule has 0 heterocycles. The molecule has 0 unspecified atom stereocenters. The van der Waals surface area contributed by atoms with Crippen LogP contribution < -0.4 is 0 Å². The van der Waals surface area contributed by atoms with Gasteiger partial charge in [-0.2, -0.15) is 0 Å². The minimum Gasteiger partial charge on any atom is -0.504 e. The monoisotopic (exact) mass is 183 g/mol. The van der Waals surface area contributed by atoms with E-state index in [1.165, 1.54) is 24.3 Å². The molecule has 5 heteroatoms. The lowest BCUT2D eigenvalue weighted by Gasteiger charge is -2.00. The average molecular weight is 183 g/mol. The molecule has 1 aromatic rings. The van der Waals surface area contributed by atoms with Crippen molar-refractivity contribution in [2.45, 2.75) is 0 Å². The number of nitrogens with zero attached hydrogens (tertiary/aromatic N) is 1. The van der Waals surface area contributed by atoms with Gasteiger partial charge in [-0.3, -0.25) is 10.4 Å². The van der Waals surface area contributed by atoms with Crippen molar-refractivity contribution in [2.24, 2.45) is 0 Å². The molecular formula is C8H9NO4. The van der Waals surface area contributed by atoms with E-state index in [0.717, 1.165) is 6.20 Å². The molecule has 1 aromatic carbocycles. The van der Waals surface area contributed by atoms with E-state index >= 15 is 0 Å². The molecule has 70 valence electrons. The number of phenols is 2. The third kappa shape index (κ3) is 2.66. The highest BCUT2D eigenvalue weighted by Gasteiger charge is 1.97. The van der Waals surface area contributed by atoms with Gasteiger partial charge in [0.25, 0.3) is 0 Å². The lowest BCUT2D eigenvalue weighted by atomic mass is 10.2. The van der Waals surface area contributed by atoms with Crippen LogP contribution in [-0.4, -0.2) is 25.9 Å². The van der Waals surface area contributed by atoms with Crippen molar-refractivity contribution in [1.82, 2.24) is 5.23 Å². The summed E-state index contributed by atoms with van der Waals surface area (Å²) in [5.41, 5.74) is 0.531. The second-order valence-corrected chi connectivity index (χ2v) is 2.38. The first-order chi connectivity index (χ1) is 6.09. The Morgan fingerprint density at radius 2 is 1.77 bits per heavy atom. The van der Waals surface area contributed by atoms with Crippen molar-refractivity contribution >= 4 is 6.08 Å². The molecule has 0 bridgehead atoms. The molecule has 13 heavy (non-hydrogen) atoms. The van der Waals surface area contributed by atoms with Crippen molar-refractivity contribution in [2.75, 3.05) is 0 Å². The Kier molecular flexibility index (Phi) is 2.73. The Bertz CT molecular complexity index is 322. The van der Waals surface area contributed by atoms with Crippen molar-refractivity contribution < 1.29 is 20.6 Å². The fraction of sp³-hybridized carbons (Fsp3) is 0. The molecule has 0 aliphatic rings. The van der Waals surface area contributed by atoms with Gasteiger partial charge in [-0.25, -0.2) is 0 Å². The van der Waals surface area contributed by atoms with E-state index in [0.29, 0.717) is 5.56 Å². The predicted molar refractivity (Wildman–Crippen MR) is 44.2 cm³/mol. The molecule has 0 atom stereocenters. The smallest absolute Gasteiger partial charge is 0.157 e. The number of rotatable bonds is 2. The Hall–Kier alpha value is -1.72. The summed E-state index contributed by atoms with van der Waals surface area (Å²) in [6.45, 7) is 0. The van der Waals surface area contributed by atoms with Crippen LogP contribution in [0.1, 0.15) is 5.56 Å². The van der Waals surface area contributed by atoms with E-state index in [1.54, 1.807) is 0 Å². The highest BCUT2D eigenvalue weighted by Crippen LogP contribution is 2.25. The van der Waals surface area contributed by atoms with Crippen LogP contribution in [0.25, 0.3) is 6.08 Å². The maximum absolute atomic E-state index is 9.04. The van der Waals surface area contributed by atoms with Gasteiger partial charge < -0.3 is 10.2 Å². The third-order valence-electron chi connectivity index (χ3n) is 1.40. The van der Waals surface area contributed by atoms with Crippen LogP contribution >= 0.6 is 0 Å². The molecule has 0 spiro atoms. The van der Waals surface area contributed by atoms with E-state index < -0.39 is 0 Å². The topological polar surface area (TPSA) is 84.2 Å². The molecule has 0 amide bonds. The summed E-state index contributed by atoms with van der Waals surface area (Å²) in [5.74, 6) is -0.480. The van der Waals surface area contributed by atoms with Crippen molar-refractivity contribution in [3.05, 3.63) is 30.0 Å². The van der Waals surface area contributed by atoms with Crippen molar-refractivity contribution in [3.8, 4) is 11.5 Å². The molecule has 5 nitrogen and oxygen atoms in total. The van der Waals surface area contributed by atoms with Crippen LogP contribution in [0.15, 0.2) is 24.4 Å². The second kappa shape index (κ2) is 3.79. The standard InChI is InChI=1S/C8H9NO4/c10-7-2-1-6(5-8(7)11)3-4-9(12)13/h1-5,10-13H. The summed E-state index contributed by atoms with van der Waals surface area (Å²) in [4.78, 5) is 0. The highest BCUT2D eigenvalue weighted by atomic mass is 16.8. The molecule has 4 N–H and O–H groups in total. The van der Waals surface area contributed by atoms with Gasteiger partial charge >= 0.3 is 0 Å². The van der Waals surface area contributed by atoms with Gasteiger partial charge in [-0.1, -0.05) is 6.07 Å². The number of aromatic hydroxyl groups is 2. The molecule has 0 fully saturated rings. The van der Waals surface area contributed by atoms with Crippen LogP contribution in [0.2, 0.25) is 0 Å². The first-order valence-corrected chi connectivity index (χ1v) is 3.47. The molecular weight excluding hydrogens is 174 g/mol. The van der Waals surface area contributed by atoms with Crippen molar-refractivity contribution in [1.29, 1.82) is 0 Å². The predicted octanol–water partition coefficient (Wildman–Crippen LogP) is 1.15. The maximum atomic E-state index is 9.04. The number of hydrogen-bond acceptors (Lipinski definition) is 5. The minimum atomic E-state index is -0.260. The molecule has 0 aromatic heterocycles. The molecule has 0 aliphatic carbocycles. The Balaban J connectivity index is 2.85. The first kappa shape index (κ1) is 9.37.